The van der Waals surface area contributed by atoms with E-state index in [-0.39, 0.29) is 6.01 Å². The van der Waals surface area contributed by atoms with Crippen LogP contribution in [0.1, 0.15) is 13.3 Å². The van der Waals surface area contributed by atoms with Gasteiger partial charge in [-0.1, -0.05) is 22.9 Å². The Morgan fingerprint density at radius 1 is 1.14 bits per heavy atom. The lowest BCUT2D eigenvalue weighted by Gasteiger charge is -2.10. The third-order valence-electron chi connectivity index (χ3n) is 2.51. The van der Waals surface area contributed by atoms with E-state index in [1.807, 2.05) is 18.2 Å². The summed E-state index contributed by atoms with van der Waals surface area (Å²) >= 11 is 6.91. The number of nitrogens with one attached hydrogen (secondary N) is 2. The highest BCUT2D eigenvalue weighted by molar-refractivity contribution is 9.11. The zero-order valence-corrected chi connectivity index (χ0v) is 14.8. The summed E-state index contributed by atoms with van der Waals surface area (Å²) in [6.45, 7) is 2.86. The van der Waals surface area contributed by atoms with Gasteiger partial charge in [-0.3, -0.25) is 0 Å². The minimum Gasteiger partial charge on any atom is -0.467 e. The van der Waals surface area contributed by atoms with Crippen LogP contribution in [0.25, 0.3) is 0 Å². The molecule has 1 aromatic carbocycles. The van der Waals surface area contributed by atoms with Crippen LogP contribution in [0.4, 0.5) is 17.6 Å². The number of rotatable bonds is 6. The Bertz CT molecular complexity index is 624. The van der Waals surface area contributed by atoms with Gasteiger partial charge in [0.25, 0.3) is 0 Å². The first kappa shape index (κ1) is 16.0. The van der Waals surface area contributed by atoms with Gasteiger partial charge in [0.2, 0.25) is 11.9 Å². The van der Waals surface area contributed by atoms with Crippen LogP contribution in [0.5, 0.6) is 6.01 Å². The summed E-state index contributed by atoms with van der Waals surface area (Å²) in [6.07, 6.45) is 0.981. The van der Waals surface area contributed by atoms with E-state index >= 15 is 0 Å². The first-order valence-corrected chi connectivity index (χ1v) is 7.97. The molecule has 6 nitrogen and oxygen atoms in total. The number of anilines is 3. The fraction of sp³-hybridized carbons (Fsp3) is 0.308. The van der Waals surface area contributed by atoms with E-state index < -0.39 is 0 Å². The summed E-state index contributed by atoms with van der Waals surface area (Å²) in [5.41, 5.74) is 0.855. The van der Waals surface area contributed by atoms with Gasteiger partial charge in [-0.05, 0) is 40.5 Å². The summed E-state index contributed by atoms with van der Waals surface area (Å²) in [5.74, 6) is 0.905. The van der Waals surface area contributed by atoms with Gasteiger partial charge < -0.3 is 15.4 Å². The Morgan fingerprint density at radius 3 is 2.57 bits per heavy atom. The van der Waals surface area contributed by atoms with Crippen molar-refractivity contribution in [3.05, 3.63) is 27.1 Å². The Morgan fingerprint density at radius 2 is 1.90 bits per heavy atom. The van der Waals surface area contributed by atoms with Crippen molar-refractivity contribution in [2.45, 2.75) is 13.3 Å². The summed E-state index contributed by atoms with van der Waals surface area (Å²) in [5, 5.41) is 6.26. The SMILES string of the molecule is CCCNc1nc(Nc2ccc(Br)cc2Br)nc(OC)n1. The maximum Gasteiger partial charge on any atom is 0.322 e. The highest BCUT2D eigenvalue weighted by Gasteiger charge is 2.08. The van der Waals surface area contributed by atoms with Gasteiger partial charge in [0.05, 0.1) is 12.8 Å². The smallest absolute Gasteiger partial charge is 0.322 e. The van der Waals surface area contributed by atoms with Crippen LogP contribution in [0, 0.1) is 0 Å². The van der Waals surface area contributed by atoms with Crippen molar-refractivity contribution in [2.75, 3.05) is 24.3 Å². The average Bonchev–Trinajstić information content (AvgIpc) is 2.48. The second-order valence-electron chi connectivity index (χ2n) is 4.15. The number of benzene rings is 1. The number of halogens is 2. The lowest BCUT2D eigenvalue weighted by Crippen LogP contribution is -2.09. The molecule has 0 aliphatic heterocycles. The quantitative estimate of drug-likeness (QED) is 0.742. The van der Waals surface area contributed by atoms with E-state index in [4.69, 9.17) is 4.74 Å². The molecule has 0 saturated carbocycles. The van der Waals surface area contributed by atoms with Crippen molar-refractivity contribution in [1.82, 2.24) is 15.0 Å². The second kappa shape index (κ2) is 7.56. The number of nitrogens with zero attached hydrogens (tertiary/aromatic N) is 3. The van der Waals surface area contributed by atoms with Gasteiger partial charge in [0, 0.05) is 15.5 Å². The van der Waals surface area contributed by atoms with Crippen LogP contribution < -0.4 is 15.4 Å². The molecule has 1 aromatic heterocycles. The Kier molecular flexibility index (Phi) is 5.75. The summed E-state index contributed by atoms with van der Waals surface area (Å²) in [4.78, 5) is 12.7. The third kappa shape index (κ3) is 4.53. The van der Waals surface area contributed by atoms with Gasteiger partial charge in [0.1, 0.15) is 0 Å². The van der Waals surface area contributed by atoms with E-state index in [1.165, 1.54) is 7.11 Å². The maximum absolute atomic E-state index is 5.10. The fourth-order valence-corrected chi connectivity index (χ4v) is 2.68. The van der Waals surface area contributed by atoms with Crippen LogP contribution in [0.15, 0.2) is 27.1 Å². The number of aromatic nitrogens is 3. The minimum absolute atomic E-state index is 0.263. The first-order valence-electron chi connectivity index (χ1n) is 6.38. The monoisotopic (exact) mass is 415 g/mol. The van der Waals surface area contributed by atoms with Crippen molar-refractivity contribution in [1.29, 1.82) is 0 Å². The van der Waals surface area contributed by atoms with E-state index in [0.29, 0.717) is 11.9 Å². The Hall–Kier alpha value is -1.41. The molecule has 21 heavy (non-hydrogen) atoms. The van der Waals surface area contributed by atoms with E-state index in [0.717, 1.165) is 27.6 Å². The second-order valence-corrected chi connectivity index (χ2v) is 5.92. The number of ether oxygens (including phenoxy) is 1. The Labute approximate surface area is 140 Å². The zero-order valence-electron chi connectivity index (χ0n) is 11.7. The molecule has 0 spiro atoms. The summed E-state index contributed by atoms with van der Waals surface area (Å²) in [6, 6.07) is 6.06. The highest BCUT2D eigenvalue weighted by Crippen LogP contribution is 2.28. The van der Waals surface area contributed by atoms with Crippen molar-refractivity contribution >= 4 is 49.4 Å². The van der Waals surface area contributed by atoms with Gasteiger partial charge in [-0.15, -0.1) is 0 Å². The number of hydrogen-bond acceptors (Lipinski definition) is 6. The molecule has 112 valence electrons. The topological polar surface area (TPSA) is 72.0 Å². The molecule has 1 heterocycles. The minimum atomic E-state index is 0.263. The van der Waals surface area contributed by atoms with Crippen molar-refractivity contribution < 1.29 is 4.74 Å². The van der Waals surface area contributed by atoms with Gasteiger partial charge in [-0.2, -0.15) is 15.0 Å². The van der Waals surface area contributed by atoms with Crippen LogP contribution in [0.2, 0.25) is 0 Å². The molecular weight excluding hydrogens is 402 g/mol. The fourth-order valence-electron chi connectivity index (χ4n) is 1.53. The molecule has 0 amide bonds. The van der Waals surface area contributed by atoms with Crippen LogP contribution in [0.3, 0.4) is 0 Å². The molecule has 0 radical (unpaired) electrons. The average molecular weight is 417 g/mol. The summed E-state index contributed by atoms with van der Waals surface area (Å²) < 4.78 is 6.99. The van der Waals surface area contributed by atoms with Gasteiger partial charge in [-0.25, -0.2) is 0 Å². The molecule has 0 atom stereocenters. The predicted molar refractivity (Wildman–Crippen MR) is 90.3 cm³/mol. The number of methoxy groups -OCH3 is 1. The predicted octanol–water partition coefficient (Wildman–Crippen LogP) is 3.97. The number of hydrogen-bond donors (Lipinski definition) is 2. The van der Waals surface area contributed by atoms with Crippen molar-refractivity contribution in [3.8, 4) is 6.01 Å². The molecule has 8 heteroatoms. The Balaban J connectivity index is 2.25. The molecule has 0 unspecified atom stereocenters. The van der Waals surface area contributed by atoms with Crippen LogP contribution in [-0.4, -0.2) is 28.6 Å². The lowest BCUT2D eigenvalue weighted by atomic mass is 10.3. The third-order valence-corrected chi connectivity index (χ3v) is 3.66. The molecule has 2 N–H and O–H groups in total. The van der Waals surface area contributed by atoms with E-state index in [9.17, 15) is 0 Å². The molecule has 0 bridgehead atoms. The molecule has 2 aromatic rings. The highest BCUT2D eigenvalue weighted by atomic mass is 79.9. The molecule has 0 aliphatic rings. The standard InChI is InChI=1S/C13H15Br2N5O/c1-3-6-16-11-18-12(20-13(19-11)21-2)17-10-5-4-8(14)7-9(10)15/h4-5,7H,3,6H2,1-2H3,(H2,16,17,18,19,20). The van der Waals surface area contributed by atoms with E-state index in [1.54, 1.807) is 0 Å². The maximum atomic E-state index is 5.10. The molecule has 0 aliphatic carbocycles. The normalized spacial score (nSPS) is 10.3. The zero-order chi connectivity index (χ0) is 15.2. The van der Waals surface area contributed by atoms with E-state index in [2.05, 4.69) is 64.4 Å². The summed E-state index contributed by atoms with van der Waals surface area (Å²) in [7, 11) is 1.53. The molecule has 0 fully saturated rings. The molecule has 2 rings (SSSR count). The first-order chi connectivity index (χ1) is 10.1. The van der Waals surface area contributed by atoms with Gasteiger partial charge >= 0.3 is 6.01 Å². The lowest BCUT2D eigenvalue weighted by molar-refractivity contribution is 0.379. The van der Waals surface area contributed by atoms with Crippen molar-refractivity contribution in [2.24, 2.45) is 0 Å². The largest absolute Gasteiger partial charge is 0.467 e. The van der Waals surface area contributed by atoms with Crippen LogP contribution >= 0.6 is 31.9 Å². The van der Waals surface area contributed by atoms with Crippen LogP contribution in [-0.2, 0) is 0 Å². The molecule has 0 saturated heterocycles. The van der Waals surface area contributed by atoms with Gasteiger partial charge in [0.15, 0.2) is 0 Å². The molecular formula is C13H15Br2N5O. The van der Waals surface area contributed by atoms with Crippen molar-refractivity contribution in [3.63, 3.8) is 0 Å².